The van der Waals surface area contributed by atoms with E-state index >= 15 is 0 Å². The number of aromatic carboxylic acids is 1. The number of halogens is 1. The van der Waals surface area contributed by atoms with Crippen LogP contribution in [0, 0.1) is 0 Å². The highest BCUT2D eigenvalue weighted by atomic mass is 35.5. The number of carbonyl (C=O) groups is 2. The molecule has 0 atom stereocenters. The molecule has 0 aliphatic heterocycles. The zero-order chi connectivity index (χ0) is 10.7. The van der Waals surface area contributed by atoms with Crippen LogP contribution in [0.25, 0.3) is 0 Å². The lowest BCUT2D eigenvalue weighted by Crippen LogP contribution is -2.12. The minimum atomic E-state index is -1.36. The minimum absolute atomic E-state index is 0.0484. The average Bonchev–Trinajstić information content (AvgIpc) is 2.07. The smallest absolute Gasteiger partial charge is 0.409 e. The number of amides is 1. The summed E-state index contributed by atoms with van der Waals surface area (Å²) in [5, 5.41) is 19.1. The second-order valence-corrected chi connectivity index (χ2v) is 2.80. The molecule has 5 nitrogen and oxygen atoms in total. The summed E-state index contributed by atoms with van der Waals surface area (Å²) >= 11 is 5.63. The van der Waals surface area contributed by atoms with Gasteiger partial charge < -0.3 is 10.2 Å². The van der Waals surface area contributed by atoms with E-state index in [4.69, 9.17) is 21.8 Å². The van der Waals surface area contributed by atoms with Gasteiger partial charge in [-0.1, -0.05) is 17.7 Å². The van der Waals surface area contributed by atoms with Gasteiger partial charge >= 0.3 is 12.1 Å². The van der Waals surface area contributed by atoms with E-state index in [1.54, 1.807) is 0 Å². The molecule has 74 valence electrons. The first-order valence-electron chi connectivity index (χ1n) is 3.54. The normalized spacial score (nSPS) is 9.50. The third-order valence-electron chi connectivity index (χ3n) is 1.48. The molecule has 1 aromatic carbocycles. The van der Waals surface area contributed by atoms with Crippen molar-refractivity contribution in [1.82, 2.24) is 0 Å². The Hall–Kier alpha value is -1.75. The topological polar surface area (TPSA) is 86.6 Å². The summed E-state index contributed by atoms with van der Waals surface area (Å²) in [6.07, 6.45) is -1.36. The molecule has 0 aliphatic rings. The molecule has 3 N–H and O–H groups in total. The first-order chi connectivity index (χ1) is 6.52. The summed E-state index contributed by atoms with van der Waals surface area (Å²) in [6.45, 7) is 0. The van der Waals surface area contributed by atoms with Gasteiger partial charge in [0.05, 0.1) is 16.3 Å². The largest absolute Gasteiger partial charge is 0.478 e. The van der Waals surface area contributed by atoms with Crippen molar-refractivity contribution in [2.24, 2.45) is 0 Å². The standard InChI is InChI=1S/C8H6ClNO4/c9-5-3-1-2-4(7(11)12)6(5)10-8(13)14/h1-3,10H,(H,11,12)(H,13,14). The van der Waals surface area contributed by atoms with Crippen molar-refractivity contribution in [2.75, 3.05) is 5.32 Å². The fourth-order valence-corrected chi connectivity index (χ4v) is 1.16. The number of anilines is 1. The van der Waals surface area contributed by atoms with E-state index in [1.165, 1.54) is 18.2 Å². The minimum Gasteiger partial charge on any atom is -0.478 e. The SMILES string of the molecule is O=C(O)Nc1c(Cl)cccc1C(=O)O. The van der Waals surface area contributed by atoms with Crippen molar-refractivity contribution in [3.05, 3.63) is 28.8 Å². The summed E-state index contributed by atoms with van der Waals surface area (Å²) < 4.78 is 0. The number of rotatable bonds is 2. The van der Waals surface area contributed by atoms with Crippen LogP contribution < -0.4 is 5.32 Å². The van der Waals surface area contributed by atoms with E-state index in [-0.39, 0.29) is 16.3 Å². The van der Waals surface area contributed by atoms with Gasteiger partial charge in [0.2, 0.25) is 0 Å². The second-order valence-electron chi connectivity index (χ2n) is 2.40. The number of hydrogen-bond acceptors (Lipinski definition) is 2. The number of para-hydroxylation sites is 1. The molecule has 0 fully saturated rings. The summed E-state index contributed by atoms with van der Waals surface area (Å²) in [6, 6.07) is 4.09. The predicted molar refractivity (Wildman–Crippen MR) is 50.1 cm³/mol. The Bertz CT molecular complexity index is 391. The van der Waals surface area contributed by atoms with E-state index in [1.807, 2.05) is 5.32 Å². The number of benzene rings is 1. The fourth-order valence-electron chi connectivity index (χ4n) is 0.936. The third kappa shape index (κ3) is 2.14. The lowest BCUT2D eigenvalue weighted by molar-refractivity contribution is 0.0698. The Balaban J connectivity index is 3.22. The molecule has 6 heteroatoms. The number of carboxylic acids is 1. The van der Waals surface area contributed by atoms with Crippen LogP contribution in [0.15, 0.2) is 18.2 Å². The molecule has 1 rings (SSSR count). The first kappa shape index (κ1) is 10.3. The third-order valence-corrected chi connectivity index (χ3v) is 1.79. The summed E-state index contributed by atoms with van der Waals surface area (Å²) in [5.41, 5.74) is -0.297. The van der Waals surface area contributed by atoms with Crippen LogP contribution >= 0.6 is 11.6 Å². The van der Waals surface area contributed by atoms with Crippen molar-refractivity contribution in [2.45, 2.75) is 0 Å². The lowest BCUT2D eigenvalue weighted by atomic mass is 10.2. The van der Waals surface area contributed by atoms with Crippen LogP contribution in [-0.4, -0.2) is 22.3 Å². The molecule has 0 spiro atoms. The first-order valence-corrected chi connectivity index (χ1v) is 3.92. The number of nitrogens with one attached hydrogen (secondary N) is 1. The molecule has 0 aliphatic carbocycles. The maximum Gasteiger partial charge on any atom is 0.409 e. The van der Waals surface area contributed by atoms with Gasteiger partial charge in [0.15, 0.2) is 0 Å². The van der Waals surface area contributed by atoms with Crippen molar-refractivity contribution >= 4 is 29.4 Å². The van der Waals surface area contributed by atoms with Crippen LogP contribution in [0.5, 0.6) is 0 Å². The van der Waals surface area contributed by atoms with Crippen molar-refractivity contribution < 1.29 is 19.8 Å². The molecule has 0 radical (unpaired) electrons. The molecule has 0 saturated carbocycles. The van der Waals surface area contributed by atoms with E-state index in [0.717, 1.165) is 0 Å². The molecule has 0 unspecified atom stereocenters. The number of hydrogen-bond donors (Lipinski definition) is 3. The van der Waals surface area contributed by atoms with E-state index < -0.39 is 12.1 Å². The highest BCUT2D eigenvalue weighted by molar-refractivity contribution is 6.34. The lowest BCUT2D eigenvalue weighted by Gasteiger charge is -2.06. The van der Waals surface area contributed by atoms with Crippen LogP contribution in [0.1, 0.15) is 10.4 Å². The summed E-state index contributed by atoms with van der Waals surface area (Å²) in [7, 11) is 0. The van der Waals surface area contributed by atoms with Gasteiger partial charge in [0, 0.05) is 0 Å². The van der Waals surface area contributed by atoms with Crippen molar-refractivity contribution in [3.8, 4) is 0 Å². The Morgan fingerprint density at radius 1 is 1.29 bits per heavy atom. The van der Waals surface area contributed by atoms with Gasteiger partial charge in [-0.3, -0.25) is 5.32 Å². The van der Waals surface area contributed by atoms with Crippen molar-refractivity contribution in [1.29, 1.82) is 0 Å². The maximum atomic E-state index is 10.7. The highest BCUT2D eigenvalue weighted by Crippen LogP contribution is 2.25. The van der Waals surface area contributed by atoms with Gasteiger partial charge in [0.1, 0.15) is 0 Å². The monoisotopic (exact) mass is 215 g/mol. The summed E-state index contributed by atoms with van der Waals surface area (Å²) in [4.78, 5) is 21.0. The quantitative estimate of drug-likeness (QED) is 0.705. The summed E-state index contributed by atoms with van der Waals surface area (Å²) in [5.74, 6) is -1.24. The highest BCUT2D eigenvalue weighted by Gasteiger charge is 2.14. The Morgan fingerprint density at radius 2 is 1.93 bits per heavy atom. The molecule has 1 amide bonds. The van der Waals surface area contributed by atoms with Crippen LogP contribution in [-0.2, 0) is 0 Å². The fraction of sp³-hybridized carbons (Fsp3) is 0. The average molecular weight is 216 g/mol. The zero-order valence-electron chi connectivity index (χ0n) is 6.82. The second kappa shape index (κ2) is 3.97. The Labute approximate surface area is 83.9 Å². The molecule has 1 aromatic rings. The Kier molecular flexibility index (Phi) is 2.93. The van der Waals surface area contributed by atoms with Crippen LogP contribution in [0.3, 0.4) is 0 Å². The van der Waals surface area contributed by atoms with Gasteiger partial charge in [-0.2, -0.15) is 0 Å². The molecular formula is C8H6ClNO4. The van der Waals surface area contributed by atoms with E-state index in [9.17, 15) is 9.59 Å². The zero-order valence-corrected chi connectivity index (χ0v) is 7.58. The number of carboxylic acid groups (broad SMARTS) is 2. The van der Waals surface area contributed by atoms with Gasteiger partial charge in [-0.15, -0.1) is 0 Å². The maximum absolute atomic E-state index is 10.7. The molecular weight excluding hydrogens is 210 g/mol. The predicted octanol–water partition coefficient (Wildman–Crippen LogP) is 2.13. The van der Waals surface area contributed by atoms with Crippen molar-refractivity contribution in [3.63, 3.8) is 0 Å². The molecule has 14 heavy (non-hydrogen) atoms. The molecule has 0 saturated heterocycles. The molecule has 0 aromatic heterocycles. The van der Waals surface area contributed by atoms with Gasteiger partial charge in [-0.25, -0.2) is 9.59 Å². The van der Waals surface area contributed by atoms with Gasteiger partial charge in [0.25, 0.3) is 0 Å². The van der Waals surface area contributed by atoms with E-state index in [2.05, 4.69) is 0 Å². The molecule has 0 bridgehead atoms. The Morgan fingerprint density at radius 3 is 2.43 bits per heavy atom. The van der Waals surface area contributed by atoms with Crippen LogP contribution in [0.4, 0.5) is 10.5 Å². The van der Waals surface area contributed by atoms with Crippen LogP contribution in [0.2, 0.25) is 5.02 Å². The van der Waals surface area contributed by atoms with E-state index in [0.29, 0.717) is 0 Å². The molecule has 0 heterocycles. The van der Waals surface area contributed by atoms with Gasteiger partial charge in [-0.05, 0) is 12.1 Å².